The van der Waals surface area contributed by atoms with Crippen molar-refractivity contribution in [3.05, 3.63) is 59.7 Å². The Kier molecular flexibility index (Phi) is 6.97. The fraction of sp³-hybridized carbons (Fsp3) is 0.278. The van der Waals surface area contributed by atoms with Gasteiger partial charge in [0.25, 0.3) is 0 Å². The molecule has 2 N–H and O–H groups in total. The first-order valence-electron chi connectivity index (χ1n) is 7.43. The molecule has 0 aliphatic carbocycles. The molecular formula is C18H22N2O2S. The summed E-state index contributed by atoms with van der Waals surface area (Å²) in [4.78, 5) is 13.1. The summed E-state index contributed by atoms with van der Waals surface area (Å²) in [7, 11) is 1.67. The van der Waals surface area contributed by atoms with Gasteiger partial charge in [-0.15, -0.1) is 11.8 Å². The van der Waals surface area contributed by atoms with Gasteiger partial charge in [0, 0.05) is 24.2 Å². The molecule has 0 aliphatic rings. The molecule has 2 aromatic rings. The average molecular weight is 330 g/mol. The van der Waals surface area contributed by atoms with Gasteiger partial charge in [-0.1, -0.05) is 36.4 Å². The normalized spacial score (nSPS) is 10.3. The lowest BCUT2D eigenvalue weighted by Crippen LogP contribution is -2.29. The number of benzene rings is 2. The van der Waals surface area contributed by atoms with Crippen molar-refractivity contribution >= 4 is 23.4 Å². The molecule has 0 bridgehead atoms. The van der Waals surface area contributed by atoms with Crippen molar-refractivity contribution in [3.8, 4) is 0 Å². The number of hydrogen-bond donors (Lipinski definition) is 2. The van der Waals surface area contributed by atoms with E-state index >= 15 is 0 Å². The standard InChI is InChI=1S/C18H22N2O2S/c1-22-13-15-7-5-6-14(10-15)11-20-18(21)12-19-16-8-3-4-9-17(16)23-2/h3-10,19H,11-13H2,1-2H3,(H,20,21). The second-order valence-electron chi connectivity index (χ2n) is 5.08. The van der Waals surface area contributed by atoms with E-state index in [2.05, 4.69) is 10.6 Å². The van der Waals surface area contributed by atoms with Crippen LogP contribution < -0.4 is 10.6 Å². The van der Waals surface area contributed by atoms with Crippen LogP contribution in [0.4, 0.5) is 5.69 Å². The van der Waals surface area contributed by atoms with Crippen molar-refractivity contribution in [3.63, 3.8) is 0 Å². The van der Waals surface area contributed by atoms with Gasteiger partial charge in [0.05, 0.1) is 13.2 Å². The maximum absolute atomic E-state index is 12.0. The summed E-state index contributed by atoms with van der Waals surface area (Å²) in [5.74, 6) is -0.0296. The Morgan fingerprint density at radius 2 is 1.91 bits per heavy atom. The first-order chi connectivity index (χ1) is 11.2. The number of methoxy groups -OCH3 is 1. The summed E-state index contributed by atoms with van der Waals surface area (Å²) in [6.45, 7) is 1.35. The highest BCUT2D eigenvalue weighted by Crippen LogP contribution is 2.24. The van der Waals surface area contributed by atoms with Gasteiger partial charge in [-0.3, -0.25) is 4.79 Å². The third-order valence-electron chi connectivity index (χ3n) is 3.34. The van der Waals surface area contributed by atoms with Crippen LogP contribution >= 0.6 is 11.8 Å². The second-order valence-corrected chi connectivity index (χ2v) is 5.93. The highest BCUT2D eigenvalue weighted by Gasteiger charge is 2.04. The number of hydrogen-bond acceptors (Lipinski definition) is 4. The zero-order valence-corrected chi connectivity index (χ0v) is 14.3. The van der Waals surface area contributed by atoms with Gasteiger partial charge >= 0.3 is 0 Å². The van der Waals surface area contributed by atoms with Crippen LogP contribution in [-0.2, 0) is 22.7 Å². The van der Waals surface area contributed by atoms with Crippen molar-refractivity contribution in [1.29, 1.82) is 0 Å². The van der Waals surface area contributed by atoms with Gasteiger partial charge in [0.2, 0.25) is 5.91 Å². The van der Waals surface area contributed by atoms with Crippen LogP contribution in [0.5, 0.6) is 0 Å². The number of rotatable bonds is 8. The minimum absolute atomic E-state index is 0.0296. The molecule has 0 unspecified atom stereocenters. The minimum atomic E-state index is -0.0296. The molecule has 0 aliphatic heterocycles. The highest BCUT2D eigenvalue weighted by molar-refractivity contribution is 7.98. The number of anilines is 1. The molecule has 1 amide bonds. The van der Waals surface area contributed by atoms with Crippen molar-refractivity contribution < 1.29 is 9.53 Å². The third kappa shape index (κ3) is 5.62. The Balaban J connectivity index is 1.82. The number of ether oxygens (including phenoxy) is 1. The first-order valence-corrected chi connectivity index (χ1v) is 8.65. The molecule has 0 saturated carbocycles. The molecule has 0 atom stereocenters. The Hall–Kier alpha value is -1.98. The zero-order valence-electron chi connectivity index (χ0n) is 13.5. The quantitative estimate of drug-likeness (QED) is 0.729. The largest absolute Gasteiger partial charge is 0.380 e. The molecule has 4 nitrogen and oxygen atoms in total. The SMILES string of the molecule is COCc1cccc(CNC(=O)CNc2ccccc2SC)c1. The Bertz CT molecular complexity index is 646. The summed E-state index contributed by atoms with van der Waals surface area (Å²) in [5, 5.41) is 6.11. The summed E-state index contributed by atoms with van der Waals surface area (Å²) < 4.78 is 5.12. The maximum atomic E-state index is 12.0. The predicted octanol–water partition coefficient (Wildman–Crippen LogP) is 3.28. The zero-order chi connectivity index (χ0) is 16.5. The maximum Gasteiger partial charge on any atom is 0.239 e. The minimum Gasteiger partial charge on any atom is -0.380 e. The van der Waals surface area contributed by atoms with E-state index in [4.69, 9.17) is 4.74 Å². The van der Waals surface area contributed by atoms with E-state index in [9.17, 15) is 4.79 Å². The molecule has 2 rings (SSSR count). The Morgan fingerprint density at radius 1 is 1.13 bits per heavy atom. The molecule has 0 saturated heterocycles. The molecule has 0 heterocycles. The average Bonchev–Trinajstić information content (AvgIpc) is 2.59. The van der Waals surface area contributed by atoms with E-state index < -0.39 is 0 Å². The van der Waals surface area contributed by atoms with Crippen molar-refractivity contribution in [2.75, 3.05) is 25.2 Å². The third-order valence-corrected chi connectivity index (χ3v) is 4.13. The Morgan fingerprint density at radius 3 is 2.70 bits per heavy atom. The van der Waals surface area contributed by atoms with Gasteiger partial charge in [-0.2, -0.15) is 0 Å². The van der Waals surface area contributed by atoms with Crippen LogP contribution in [0.3, 0.4) is 0 Å². The summed E-state index contributed by atoms with van der Waals surface area (Å²) in [6.07, 6.45) is 2.02. The van der Waals surface area contributed by atoms with Crippen molar-refractivity contribution in [1.82, 2.24) is 5.32 Å². The number of carbonyl (C=O) groups excluding carboxylic acids is 1. The monoisotopic (exact) mass is 330 g/mol. The molecule has 0 spiro atoms. The van der Waals surface area contributed by atoms with Gasteiger partial charge in [0.15, 0.2) is 0 Å². The smallest absolute Gasteiger partial charge is 0.239 e. The van der Waals surface area contributed by atoms with E-state index in [0.29, 0.717) is 13.2 Å². The lowest BCUT2D eigenvalue weighted by atomic mass is 10.1. The van der Waals surface area contributed by atoms with Gasteiger partial charge in [0.1, 0.15) is 0 Å². The fourth-order valence-corrected chi connectivity index (χ4v) is 2.80. The fourth-order valence-electron chi connectivity index (χ4n) is 2.23. The highest BCUT2D eigenvalue weighted by atomic mass is 32.2. The molecule has 122 valence electrons. The number of para-hydroxylation sites is 1. The summed E-state index contributed by atoms with van der Waals surface area (Å²) in [5.41, 5.74) is 3.15. The lowest BCUT2D eigenvalue weighted by molar-refractivity contribution is -0.119. The topological polar surface area (TPSA) is 50.4 Å². The van der Waals surface area contributed by atoms with Gasteiger partial charge in [-0.25, -0.2) is 0 Å². The van der Waals surface area contributed by atoms with E-state index in [1.165, 1.54) is 0 Å². The van der Waals surface area contributed by atoms with Crippen LogP contribution in [0.15, 0.2) is 53.4 Å². The second kappa shape index (κ2) is 9.22. The molecule has 0 radical (unpaired) electrons. The molecular weight excluding hydrogens is 308 g/mol. The van der Waals surface area contributed by atoms with E-state index in [-0.39, 0.29) is 12.5 Å². The van der Waals surface area contributed by atoms with Crippen LogP contribution in [-0.4, -0.2) is 25.8 Å². The van der Waals surface area contributed by atoms with Crippen LogP contribution in [0, 0.1) is 0 Å². The van der Waals surface area contributed by atoms with Crippen molar-refractivity contribution in [2.24, 2.45) is 0 Å². The molecule has 2 aromatic carbocycles. The van der Waals surface area contributed by atoms with Crippen LogP contribution in [0.25, 0.3) is 0 Å². The number of carbonyl (C=O) groups is 1. The number of thioether (sulfide) groups is 1. The molecule has 5 heteroatoms. The van der Waals surface area contributed by atoms with Gasteiger partial charge < -0.3 is 15.4 Å². The van der Waals surface area contributed by atoms with Crippen LogP contribution in [0.2, 0.25) is 0 Å². The molecule has 0 fully saturated rings. The summed E-state index contributed by atoms with van der Waals surface area (Å²) >= 11 is 1.66. The van der Waals surface area contributed by atoms with E-state index in [0.717, 1.165) is 21.7 Å². The molecule has 23 heavy (non-hydrogen) atoms. The number of amides is 1. The van der Waals surface area contributed by atoms with Crippen LogP contribution in [0.1, 0.15) is 11.1 Å². The Labute approximate surface area is 141 Å². The van der Waals surface area contributed by atoms with Gasteiger partial charge in [-0.05, 0) is 29.5 Å². The lowest BCUT2D eigenvalue weighted by Gasteiger charge is -2.11. The van der Waals surface area contributed by atoms with Crippen molar-refractivity contribution in [2.45, 2.75) is 18.0 Å². The number of nitrogens with one attached hydrogen (secondary N) is 2. The van der Waals surface area contributed by atoms with E-state index in [1.807, 2.05) is 54.8 Å². The molecule has 0 aromatic heterocycles. The summed E-state index contributed by atoms with van der Waals surface area (Å²) in [6, 6.07) is 16.0. The predicted molar refractivity (Wildman–Crippen MR) is 95.7 cm³/mol. The van der Waals surface area contributed by atoms with E-state index in [1.54, 1.807) is 18.9 Å². The first kappa shape index (κ1) is 17.4.